The monoisotopic (exact) mass is 429 g/mol. The Morgan fingerprint density at radius 2 is 2.12 bits per heavy atom. The smallest absolute Gasteiger partial charge is 0.308 e. The van der Waals surface area contributed by atoms with Gasteiger partial charge in [-0.2, -0.15) is 0 Å². The van der Waals surface area contributed by atoms with Gasteiger partial charge in [0.2, 0.25) is 0 Å². The number of hydrogen-bond donors (Lipinski definition) is 1. The number of aliphatic carboxylic acids is 1. The third-order valence-electron chi connectivity index (χ3n) is 3.87. The highest BCUT2D eigenvalue weighted by Crippen LogP contribution is 2.22. The summed E-state index contributed by atoms with van der Waals surface area (Å²) in [5, 5.41) is 9.00. The molecule has 0 aliphatic carbocycles. The molecule has 2 aromatic rings. The maximum Gasteiger partial charge on any atom is 0.308 e. The number of nitrogens with zero attached hydrogens (tertiary/aromatic N) is 1. The Balaban J connectivity index is 0.00000225. The predicted octanol–water partition coefficient (Wildman–Crippen LogP) is 3.59. The number of hydrogen-bond acceptors (Lipinski definition) is 4. The molecule has 1 amide bonds. The average Bonchev–Trinajstić information content (AvgIpc) is 3.22. The van der Waals surface area contributed by atoms with Gasteiger partial charge in [0.15, 0.2) is 5.76 Å². The third kappa shape index (κ3) is 4.76. The van der Waals surface area contributed by atoms with Crippen molar-refractivity contribution in [2.45, 2.75) is 13.0 Å². The van der Waals surface area contributed by atoms with E-state index < -0.39 is 11.9 Å². The number of amides is 1. The number of carbonyl (C=O) groups excluding carboxylic acids is 1. The zero-order valence-electron chi connectivity index (χ0n) is 13.2. The normalized spacial score (nSPS) is 16.4. The summed E-state index contributed by atoms with van der Waals surface area (Å²) in [5.41, 5.74) is 0. The van der Waals surface area contributed by atoms with Gasteiger partial charge in [0.1, 0.15) is 18.1 Å². The van der Waals surface area contributed by atoms with Gasteiger partial charge >= 0.3 is 5.97 Å². The molecule has 3 rings (SSSR count). The maximum atomic E-state index is 12.3. The van der Waals surface area contributed by atoms with Gasteiger partial charge in [-0.3, -0.25) is 9.59 Å². The molecular weight excluding hydrogens is 414 g/mol. The van der Waals surface area contributed by atoms with Gasteiger partial charge in [0, 0.05) is 17.6 Å². The number of ether oxygens (including phenoxy) is 1. The van der Waals surface area contributed by atoms with Crippen molar-refractivity contribution in [1.82, 2.24) is 4.90 Å². The second-order valence-electron chi connectivity index (χ2n) is 5.59. The lowest BCUT2D eigenvalue weighted by molar-refractivity contribution is -0.141. The third-order valence-corrected chi connectivity index (χ3v) is 4.37. The van der Waals surface area contributed by atoms with Gasteiger partial charge in [-0.25, -0.2) is 0 Å². The van der Waals surface area contributed by atoms with E-state index >= 15 is 0 Å². The summed E-state index contributed by atoms with van der Waals surface area (Å²) in [6, 6.07) is 10.7. The Hall–Kier alpha value is -1.99. The first-order valence-corrected chi connectivity index (χ1v) is 8.31. The molecule has 1 atom stereocenters. The lowest BCUT2D eigenvalue weighted by Gasteiger charge is -2.13. The molecule has 0 bridgehead atoms. The van der Waals surface area contributed by atoms with Crippen LogP contribution in [0, 0.1) is 5.92 Å². The van der Waals surface area contributed by atoms with E-state index in [-0.39, 0.29) is 37.2 Å². The zero-order valence-corrected chi connectivity index (χ0v) is 15.6. The van der Waals surface area contributed by atoms with Gasteiger partial charge in [-0.1, -0.05) is 22.0 Å². The Morgan fingerprint density at radius 3 is 2.80 bits per heavy atom. The maximum absolute atomic E-state index is 12.3. The Morgan fingerprint density at radius 1 is 1.32 bits per heavy atom. The molecule has 2 heterocycles. The number of likely N-dealkylation sites (tertiary alicyclic amines) is 1. The van der Waals surface area contributed by atoms with Gasteiger partial charge in [0.05, 0.1) is 5.92 Å². The minimum absolute atomic E-state index is 0. The first-order chi connectivity index (χ1) is 11.5. The highest BCUT2D eigenvalue weighted by atomic mass is 79.9. The van der Waals surface area contributed by atoms with Gasteiger partial charge in [0.25, 0.3) is 5.91 Å². The minimum atomic E-state index is -0.868. The fourth-order valence-electron chi connectivity index (χ4n) is 2.58. The van der Waals surface area contributed by atoms with E-state index in [0.29, 0.717) is 24.5 Å². The van der Waals surface area contributed by atoms with Crippen LogP contribution in [0.25, 0.3) is 0 Å². The van der Waals surface area contributed by atoms with E-state index in [1.54, 1.807) is 12.1 Å². The topological polar surface area (TPSA) is 80.0 Å². The van der Waals surface area contributed by atoms with Gasteiger partial charge in [-0.05, 0) is 36.8 Å². The molecule has 1 aromatic heterocycles. The first kappa shape index (κ1) is 19.3. The van der Waals surface area contributed by atoms with Crippen LogP contribution in [-0.4, -0.2) is 35.0 Å². The molecule has 134 valence electrons. The molecule has 1 fully saturated rings. The Labute approximate surface area is 159 Å². The molecule has 0 radical (unpaired) electrons. The fourth-order valence-corrected chi connectivity index (χ4v) is 2.96. The van der Waals surface area contributed by atoms with Crippen LogP contribution in [0.15, 0.2) is 45.3 Å². The van der Waals surface area contributed by atoms with E-state index in [2.05, 4.69) is 15.9 Å². The number of furan rings is 1. The van der Waals surface area contributed by atoms with Crippen molar-refractivity contribution < 1.29 is 23.8 Å². The van der Waals surface area contributed by atoms with Crippen LogP contribution in [-0.2, 0) is 11.4 Å². The first-order valence-electron chi connectivity index (χ1n) is 7.52. The SMILES string of the molecule is Cl.O=C(O)C1CCN(C(=O)c2ccc(COc3cccc(Br)c3)o2)C1. The van der Waals surface area contributed by atoms with Crippen molar-refractivity contribution in [3.63, 3.8) is 0 Å². The lowest BCUT2D eigenvalue weighted by Crippen LogP contribution is -2.29. The molecule has 1 aliphatic rings. The fraction of sp³-hybridized carbons (Fsp3) is 0.294. The second kappa shape index (κ2) is 8.40. The second-order valence-corrected chi connectivity index (χ2v) is 6.50. The van der Waals surface area contributed by atoms with E-state index in [0.717, 1.165) is 4.47 Å². The number of carbonyl (C=O) groups is 2. The average molecular weight is 431 g/mol. The Bertz CT molecular complexity index is 763. The zero-order chi connectivity index (χ0) is 17.1. The van der Waals surface area contributed by atoms with Crippen molar-refractivity contribution in [3.05, 3.63) is 52.4 Å². The van der Waals surface area contributed by atoms with E-state index in [1.807, 2.05) is 24.3 Å². The van der Waals surface area contributed by atoms with Crippen LogP contribution >= 0.6 is 28.3 Å². The molecule has 0 saturated carbocycles. The molecule has 1 aromatic carbocycles. The van der Waals surface area contributed by atoms with Crippen LogP contribution in [0.4, 0.5) is 0 Å². The highest BCUT2D eigenvalue weighted by molar-refractivity contribution is 9.10. The van der Waals surface area contributed by atoms with E-state index in [4.69, 9.17) is 14.3 Å². The van der Waals surface area contributed by atoms with E-state index in [1.165, 1.54) is 4.90 Å². The molecule has 8 heteroatoms. The molecule has 1 N–H and O–H groups in total. The van der Waals surface area contributed by atoms with Crippen LogP contribution in [0.5, 0.6) is 5.75 Å². The number of rotatable bonds is 5. The van der Waals surface area contributed by atoms with Crippen LogP contribution in [0.3, 0.4) is 0 Å². The number of halogens is 2. The minimum Gasteiger partial charge on any atom is -0.486 e. The van der Waals surface area contributed by atoms with Crippen molar-refractivity contribution in [2.75, 3.05) is 13.1 Å². The molecule has 1 saturated heterocycles. The summed E-state index contributed by atoms with van der Waals surface area (Å²) in [5.74, 6) is -0.220. The summed E-state index contributed by atoms with van der Waals surface area (Å²) in [4.78, 5) is 24.8. The largest absolute Gasteiger partial charge is 0.486 e. The number of carboxylic acid groups (broad SMARTS) is 1. The van der Waals surface area contributed by atoms with Crippen molar-refractivity contribution in [2.24, 2.45) is 5.92 Å². The predicted molar refractivity (Wildman–Crippen MR) is 96.1 cm³/mol. The molecule has 25 heavy (non-hydrogen) atoms. The van der Waals surface area contributed by atoms with Crippen LogP contribution in [0.2, 0.25) is 0 Å². The van der Waals surface area contributed by atoms with E-state index in [9.17, 15) is 9.59 Å². The molecule has 1 unspecified atom stereocenters. The Kier molecular flexibility index (Phi) is 6.50. The van der Waals surface area contributed by atoms with Crippen molar-refractivity contribution in [3.8, 4) is 5.75 Å². The van der Waals surface area contributed by atoms with Crippen molar-refractivity contribution >= 4 is 40.2 Å². The van der Waals surface area contributed by atoms with Crippen molar-refractivity contribution in [1.29, 1.82) is 0 Å². The standard InChI is InChI=1S/C17H16BrNO5.ClH/c18-12-2-1-3-13(8-12)23-10-14-4-5-15(24-14)16(20)19-7-6-11(9-19)17(21)22;/h1-5,8,11H,6-7,9-10H2,(H,21,22);1H. The molecule has 0 spiro atoms. The molecule has 6 nitrogen and oxygen atoms in total. The lowest BCUT2D eigenvalue weighted by atomic mass is 10.1. The number of carboxylic acids is 1. The molecular formula is C17H17BrClNO5. The summed E-state index contributed by atoms with van der Waals surface area (Å²) >= 11 is 3.37. The van der Waals surface area contributed by atoms with Crippen LogP contribution in [0.1, 0.15) is 22.7 Å². The number of benzene rings is 1. The van der Waals surface area contributed by atoms with Crippen LogP contribution < -0.4 is 4.74 Å². The van der Waals surface area contributed by atoms with Gasteiger partial charge in [-0.15, -0.1) is 12.4 Å². The summed E-state index contributed by atoms with van der Waals surface area (Å²) in [7, 11) is 0. The summed E-state index contributed by atoms with van der Waals surface area (Å²) in [6.45, 7) is 0.862. The van der Waals surface area contributed by atoms with Gasteiger partial charge < -0.3 is 19.2 Å². The quantitative estimate of drug-likeness (QED) is 0.784. The molecule has 1 aliphatic heterocycles. The summed E-state index contributed by atoms with van der Waals surface area (Å²) in [6.07, 6.45) is 0.473. The summed E-state index contributed by atoms with van der Waals surface area (Å²) < 4.78 is 12.1. The highest BCUT2D eigenvalue weighted by Gasteiger charge is 2.32.